The van der Waals surface area contributed by atoms with Crippen molar-refractivity contribution >= 4 is 6.08 Å². The van der Waals surface area contributed by atoms with Crippen LogP contribution in [0.25, 0.3) is 6.08 Å². The van der Waals surface area contributed by atoms with E-state index >= 15 is 0 Å². The summed E-state index contributed by atoms with van der Waals surface area (Å²) in [5, 5.41) is 17.5. The maximum Gasteiger partial charge on any atom is 0.130 e. The summed E-state index contributed by atoms with van der Waals surface area (Å²) < 4.78 is 5.78. The molecular weight excluding hydrogens is 260 g/mol. The summed E-state index contributed by atoms with van der Waals surface area (Å²) in [5.74, 6) is 0.798. The largest absolute Gasteiger partial charge is 0.489 e. The fourth-order valence-corrected chi connectivity index (χ4v) is 1.92. The van der Waals surface area contributed by atoms with E-state index in [0.29, 0.717) is 6.61 Å². The summed E-state index contributed by atoms with van der Waals surface area (Å²) in [5.41, 5.74) is 2.98. The molecule has 0 aliphatic heterocycles. The van der Waals surface area contributed by atoms with Gasteiger partial charge in [-0.3, -0.25) is 0 Å². The van der Waals surface area contributed by atoms with E-state index in [4.69, 9.17) is 15.3 Å². The van der Waals surface area contributed by atoms with Gasteiger partial charge in [-0.1, -0.05) is 36.4 Å². The molecule has 2 aromatic rings. The number of benzene rings is 2. The number of aryl methyl sites for hydroxylation is 1. The first-order valence-corrected chi connectivity index (χ1v) is 6.52. The summed E-state index contributed by atoms with van der Waals surface area (Å²) in [6, 6.07) is 19.2. The van der Waals surface area contributed by atoms with Crippen LogP contribution in [0, 0.1) is 29.6 Å². The number of nitriles is 2. The Balaban J connectivity index is 2.12. The third kappa shape index (κ3) is 3.96. The zero-order valence-corrected chi connectivity index (χ0v) is 11.7. The Bertz CT molecular complexity index is 718. The van der Waals surface area contributed by atoms with Gasteiger partial charge >= 0.3 is 0 Å². The first-order valence-electron chi connectivity index (χ1n) is 6.52. The lowest BCUT2D eigenvalue weighted by Crippen LogP contribution is -1.96. The van der Waals surface area contributed by atoms with Crippen LogP contribution in [0.4, 0.5) is 0 Å². The molecule has 0 aliphatic rings. The van der Waals surface area contributed by atoms with Gasteiger partial charge < -0.3 is 4.74 Å². The number of hydrogen-bond acceptors (Lipinski definition) is 3. The van der Waals surface area contributed by atoms with Crippen LogP contribution in [0.1, 0.15) is 16.7 Å². The van der Waals surface area contributed by atoms with Gasteiger partial charge in [-0.05, 0) is 41.8 Å². The Morgan fingerprint density at radius 3 is 2.43 bits per heavy atom. The minimum absolute atomic E-state index is 0.0901. The zero-order valence-electron chi connectivity index (χ0n) is 11.7. The number of allylic oxidation sites excluding steroid dienone is 1. The van der Waals surface area contributed by atoms with Gasteiger partial charge in [0, 0.05) is 0 Å². The van der Waals surface area contributed by atoms with Crippen molar-refractivity contribution in [2.75, 3.05) is 0 Å². The molecule has 0 unspecified atom stereocenters. The lowest BCUT2D eigenvalue weighted by Gasteiger charge is -2.09. The molecule has 0 saturated heterocycles. The van der Waals surface area contributed by atoms with Crippen molar-refractivity contribution < 1.29 is 4.74 Å². The van der Waals surface area contributed by atoms with Gasteiger partial charge in [-0.2, -0.15) is 10.5 Å². The van der Waals surface area contributed by atoms with Crippen LogP contribution < -0.4 is 4.74 Å². The Kier molecular flexibility index (Phi) is 4.75. The molecule has 0 aromatic heterocycles. The van der Waals surface area contributed by atoms with Gasteiger partial charge in [0.05, 0.1) is 0 Å². The van der Waals surface area contributed by atoms with Crippen molar-refractivity contribution in [2.24, 2.45) is 0 Å². The number of ether oxygens (including phenoxy) is 1. The highest BCUT2D eigenvalue weighted by molar-refractivity contribution is 5.63. The highest BCUT2D eigenvalue weighted by Gasteiger charge is 2.02. The van der Waals surface area contributed by atoms with Crippen molar-refractivity contribution in [1.29, 1.82) is 10.5 Å². The molecule has 0 atom stereocenters. The molecule has 2 rings (SSSR count). The third-order valence-corrected chi connectivity index (χ3v) is 2.99. The summed E-state index contributed by atoms with van der Waals surface area (Å²) in [7, 11) is 0. The fraction of sp³-hybridized carbons (Fsp3) is 0.111. The van der Waals surface area contributed by atoms with Gasteiger partial charge in [-0.15, -0.1) is 0 Å². The Hall–Kier alpha value is -3.04. The average Bonchev–Trinajstić information content (AvgIpc) is 2.52. The molecule has 0 aliphatic carbocycles. The van der Waals surface area contributed by atoms with Crippen molar-refractivity contribution in [3.8, 4) is 17.9 Å². The monoisotopic (exact) mass is 274 g/mol. The van der Waals surface area contributed by atoms with Crippen molar-refractivity contribution in [3.63, 3.8) is 0 Å². The van der Waals surface area contributed by atoms with E-state index in [1.165, 1.54) is 0 Å². The number of hydrogen-bond donors (Lipinski definition) is 0. The predicted octanol–water partition coefficient (Wildman–Crippen LogP) is 4.00. The molecule has 0 spiro atoms. The van der Waals surface area contributed by atoms with Crippen molar-refractivity contribution in [2.45, 2.75) is 13.5 Å². The molecule has 102 valence electrons. The normalized spacial score (nSPS) is 9.29. The van der Waals surface area contributed by atoms with E-state index in [1.807, 2.05) is 67.6 Å². The second-order valence-electron chi connectivity index (χ2n) is 4.58. The average molecular weight is 274 g/mol. The van der Waals surface area contributed by atoms with E-state index in [9.17, 15) is 0 Å². The molecule has 21 heavy (non-hydrogen) atoms. The maximum absolute atomic E-state index is 8.76. The molecule has 3 nitrogen and oxygen atoms in total. The lowest BCUT2D eigenvalue weighted by molar-refractivity contribution is 0.304. The van der Waals surface area contributed by atoms with Crippen LogP contribution in [0.5, 0.6) is 5.75 Å². The van der Waals surface area contributed by atoms with Crippen molar-refractivity contribution in [1.82, 2.24) is 0 Å². The van der Waals surface area contributed by atoms with Crippen LogP contribution in [-0.2, 0) is 6.61 Å². The highest BCUT2D eigenvalue weighted by Crippen LogP contribution is 2.21. The Labute approximate surface area is 124 Å². The lowest BCUT2D eigenvalue weighted by atomic mass is 10.1. The third-order valence-electron chi connectivity index (χ3n) is 2.99. The van der Waals surface area contributed by atoms with Gasteiger partial charge in [0.1, 0.15) is 30.1 Å². The molecule has 0 radical (unpaired) electrons. The SMILES string of the molecule is Cc1cc(C=C(C#N)C#N)ccc1OCc1ccccc1. The maximum atomic E-state index is 8.76. The standard InChI is InChI=1S/C18H14N2O/c1-14-9-16(10-17(11-19)12-20)7-8-18(14)21-13-15-5-3-2-4-6-15/h2-10H,13H2,1H3. The van der Waals surface area contributed by atoms with Gasteiger partial charge in [0.2, 0.25) is 0 Å². The summed E-state index contributed by atoms with van der Waals surface area (Å²) in [6.07, 6.45) is 1.56. The van der Waals surface area contributed by atoms with E-state index in [0.717, 1.165) is 22.4 Å². The molecule has 0 amide bonds. The second-order valence-corrected chi connectivity index (χ2v) is 4.58. The van der Waals surface area contributed by atoms with E-state index in [2.05, 4.69) is 0 Å². The predicted molar refractivity (Wildman–Crippen MR) is 81.2 cm³/mol. The second kappa shape index (κ2) is 6.93. The van der Waals surface area contributed by atoms with Gasteiger partial charge in [0.25, 0.3) is 0 Å². The quantitative estimate of drug-likeness (QED) is 0.792. The smallest absolute Gasteiger partial charge is 0.130 e. The Morgan fingerprint density at radius 1 is 1.10 bits per heavy atom. The topological polar surface area (TPSA) is 56.8 Å². The summed E-state index contributed by atoms with van der Waals surface area (Å²) >= 11 is 0. The van der Waals surface area contributed by atoms with Crippen LogP contribution in [-0.4, -0.2) is 0 Å². The van der Waals surface area contributed by atoms with Crippen LogP contribution >= 0.6 is 0 Å². The van der Waals surface area contributed by atoms with Crippen LogP contribution in [0.15, 0.2) is 54.1 Å². The zero-order chi connectivity index (χ0) is 15.1. The van der Waals surface area contributed by atoms with Gasteiger partial charge in [0.15, 0.2) is 0 Å². The summed E-state index contributed by atoms with van der Waals surface area (Å²) in [4.78, 5) is 0. The van der Waals surface area contributed by atoms with Crippen LogP contribution in [0.3, 0.4) is 0 Å². The van der Waals surface area contributed by atoms with E-state index in [-0.39, 0.29) is 5.57 Å². The molecule has 3 heteroatoms. The molecule has 2 aromatic carbocycles. The minimum Gasteiger partial charge on any atom is -0.489 e. The minimum atomic E-state index is 0.0901. The van der Waals surface area contributed by atoms with Crippen molar-refractivity contribution in [3.05, 3.63) is 70.8 Å². The Morgan fingerprint density at radius 2 is 1.81 bits per heavy atom. The molecule has 0 bridgehead atoms. The molecule has 0 heterocycles. The first kappa shape index (κ1) is 14.4. The number of rotatable bonds is 4. The van der Waals surface area contributed by atoms with Crippen LogP contribution in [0.2, 0.25) is 0 Å². The van der Waals surface area contributed by atoms with Gasteiger partial charge in [-0.25, -0.2) is 0 Å². The highest BCUT2D eigenvalue weighted by atomic mass is 16.5. The van der Waals surface area contributed by atoms with E-state index < -0.39 is 0 Å². The summed E-state index contributed by atoms with van der Waals surface area (Å²) in [6.45, 7) is 2.45. The number of nitrogens with zero attached hydrogens (tertiary/aromatic N) is 2. The molecular formula is C18H14N2O. The first-order chi connectivity index (χ1) is 10.2. The molecule has 0 N–H and O–H groups in total. The van der Waals surface area contributed by atoms with E-state index in [1.54, 1.807) is 6.08 Å². The molecule has 0 fully saturated rings. The fourth-order valence-electron chi connectivity index (χ4n) is 1.92. The molecule has 0 saturated carbocycles.